The van der Waals surface area contributed by atoms with Crippen molar-refractivity contribution in [3.63, 3.8) is 0 Å². The van der Waals surface area contributed by atoms with E-state index in [4.69, 9.17) is 4.74 Å². The fraction of sp³-hybridized carbons (Fsp3) is 0.0690. The van der Waals surface area contributed by atoms with Gasteiger partial charge in [0.25, 0.3) is 5.56 Å². The van der Waals surface area contributed by atoms with E-state index in [9.17, 15) is 18.0 Å². The molecule has 0 aliphatic rings. The summed E-state index contributed by atoms with van der Waals surface area (Å²) in [5, 5.41) is 4.69. The van der Waals surface area contributed by atoms with Crippen LogP contribution in [0.1, 0.15) is 16.7 Å². The molecule has 0 bridgehead atoms. The monoisotopic (exact) mass is 829 g/mol. The van der Waals surface area contributed by atoms with Gasteiger partial charge in [0.2, 0.25) is 0 Å². The fourth-order valence-corrected chi connectivity index (χ4v) is 6.30. The molecule has 0 saturated heterocycles. The van der Waals surface area contributed by atoms with Gasteiger partial charge in [-0.1, -0.05) is 52.3 Å². The van der Waals surface area contributed by atoms with E-state index in [1.165, 1.54) is 18.3 Å². The minimum atomic E-state index is -4.55. The molecule has 0 unspecified atom stereocenters. The first kappa shape index (κ1) is 28.7. The van der Waals surface area contributed by atoms with Crippen molar-refractivity contribution in [1.29, 1.82) is 0 Å². The lowest BCUT2D eigenvalue weighted by molar-refractivity contribution is -0.137. The van der Waals surface area contributed by atoms with Crippen molar-refractivity contribution in [3.05, 3.63) is 124 Å². The van der Waals surface area contributed by atoms with Crippen LogP contribution in [-0.4, -0.2) is 15.9 Å². The minimum absolute atomic E-state index is 0.00453. The molecule has 0 radical (unpaired) electrons. The average molecular weight is 830 g/mol. The van der Waals surface area contributed by atoms with Crippen LogP contribution in [0, 0.1) is 7.14 Å². The number of para-hydroxylation sites is 1. The predicted octanol–water partition coefficient (Wildman–Crippen LogP) is 8.52. The molecular weight excluding hydrogens is 813 g/mol. The van der Waals surface area contributed by atoms with E-state index in [0.717, 1.165) is 39.7 Å². The Morgan fingerprint density at radius 1 is 0.950 bits per heavy atom. The highest BCUT2D eigenvalue weighted by Gasteiger charge is 2.31. The number of hydrogen-bond donors (Lipinski definition) is 0. The molecule has 1 heterocycles. The van der Waals surface area contributed by atoms with Crippen LogP contribution in [0.5, 0.6) is 5.75 Å². The summed E-state index contributed by atoms with van der Waals surface area (Å²) in [5.74, 6) is 0.723. The number of nitrogens with zero attached hydrogens (tertiary/aromatic N) is 3. The maximum Gasteiger partial charge on any atom is 0.416 e. The molecule has 5 rings (SSSR count). The zero-order chi connectivity index (χ0) is 28.4. The zero-order valence-electron chi connectivity index (χ0n) is 20.3. The Morgan fingerprint density at radius 3 is 2.35 bits per heavy atom. The molecule has 0 aliphatic carbocycles. The first-order valence-electron chi connectivity index (χ1n) is 11.7. The number of benzene rings is 4. The van der Waals surface area contributed by atoms with Gasteiger partial charge >= 0.3 is 6.18 Å². The normalized spacial score (nSPS) is 11.8. The Kier molecular flexibility index (Phi) is 8.61. The zero-order valence-corrected chi connectivity index (χ0v) is 26.2. The smallest absolute Gasteiger partial charge is 0.416 e. The van der Waals surface area contributed by atoms with Crippen LogP contribution in [0.3, 0.4) is 0 Å². The van der Waals surface area contributed by atoms with E-state index >= 15 is 0 Å². The Bertz CT molecular complexity index is 1780. The molecule has 40 heavy (non-hydrogen) atoms. The van der Waals surface area contributed by atoms with Crippen LogP contribution < -0.4 is 10.3 Å². The lowest BCUT2D eigenvalue weighted by Crippen LogP contribution is -2.20. The van der Waals surface area contributed by atoms with Crippen molar-refractivity contribution >= 4 is 78.2 Å². The highest BCUT2D eigenvalue weighted by atomic mass is 127. The van der Waals surface area contributed by atoms with E-state index in [2.05, 4.69) is 71.2 Å². The quantitative estimate of drug-likeness (QED) is 0.128. The summed E-state index contributed by atoms with van der Waals surface area (Å²) in [7, 11) is 0. The van der Waals surface area contributed by atoms with Gasteiger partial charge < -0.3 is 4.74 Å². The molecule has 202 valence electrons. The molecule has 0 aliphatic heterocycles. The van der Waals surface area contributed by atoms with Gasteiger partial charge in [-0.05, 0) is 105 Å². The summed E-state index contributed by atoms with van der Waals surface area (Å²) in [6.45, 7) is 0.394. The largest absolute Gasteiger partial charge is 0.487 e. The van der Waals surface area contributed by atoms with E-state index < -0.39 is 17.3 Å². The SMILES string of the molecule is O=c1c2ccccc2nc(-c2cccc(C(F)(F)F)c2)n1N=Cc1cc(I)c(OCc2ccc(Br)cc2)c(I)c1. The van der Waals surface area contributed by atoms with Crippen LogP contribution in [0.25, 0.3) is 22.3 Å². The van der Waals surface area contributed by atoms with Crippen molar-refractivity contribution in [1.82, 2.24) is 9.66 Å². The second kappa shape index (κ2) is 12.0. The maximum atomic E-state index is 13.4. The standard InChI is InChI=1S/C29H17BrF3I2N3O2/c30-21-10-8-17(9-11-21)16-40-26-23(34)12-18(13-24(26)35)15-36-38-27(19-4-3-5-20(14-19)29(31,32)33)37-25-7-2-1-6-22(25)28(38)39/h1-15H,16H2. The molecular formula is C29H17BrF3I2N3O2. The first-order valence-corrected chi connectivity index (χ1v) is 14.7. The van der Waals surface area contributed by atoms with E-state index in [0.29, 0.717) is 23.1 Å². The summed E-state index contributed by atoms with van der Waals surface area (Å²) in [5.41, 5.74) is 0.850. The number of alkyl halides is 3. The van der Waals surface area contributed by atoms with Crippen molar-refractivity contribution in [2.75, 3.05) is 0 Å². The summed E-state index contributed by atoms with van der Waals surface area (Å²) in [6.07, 6.45) is -3.06. The molecule has 5 aromatic rings. The van der Waals surface area contributed by atoms with E-state index in [1.54, 1.807) is 24.3 Å². The number of fused-ring (bicyclic) bond motifs is 1. The highest BCUT2D eigenvalue weighted by molar-refractivity contribution is 14.1. The number of rotatable bonds is 6. The average Bonchev–Trinajstić information content (AvgIpc) is 2.92. The van der Waals surface area contributed by atoms with Crippen LogP contribution in [0.15, 0.2) is 99.3 Å². The third kappa shape index (κ3) is 6.41. The molecule has 0 N–H and O–H groups in total. The number of ether oxygens (including phenoxy) is 1. The molecule has 11 heteroatoms. The molecule has 4 aromatic carbocycles. The Morgan fingerprint density at radius 2 is 1.65 bits per heavy atom. The van der Waals surface area contributed by atoms with Gasteiger partial charge in [0.15, 0.2) is 5.82 Å². The number of halogens is 6. The maximum absolute atomic E-state index is 13.4. The molecule has 5 nitrogen and oxygen atoms in total. The predicted molar refractivity (Wildman–Crippen MR) is 170 cm³/mol. The molecule has 0 spiro atoms. The molecule has 0 atom stereocenters. The van der Waals surface area contributed by atoms with Crippen LogP contribution in [0.2, 0.25) is 0 Å². The second-order valence-electron chi connectivity index (χ2n) is 8.62. The van der Waals surface area contributed by atoms with Gasteiger partial charge in [-0.25, -0.2) is 4.98 Å². The summed E-state index contributed by atoms with van der Waals surface area (Å²) < 4.78 is 50.1. The Balaban J connectivity index is 1.52. The fourth-order valence-electron chi connectivity index (χ4n) is 3.90. The number of hydrogen-bond acceptors (Lipinski definition) is 4. The molecule has 0 saturated carbocycles. The van der Waals surface area contributed by atoms with Crippen molar-refractivity contribution < 1.29 is 17.9 Å². The van der Waals surface area contributed by atoms with Crippen molar-refractivity contribution in [3.8, 4) is 17.1 Å². The van der Waals surface area contributed by atoms with Gasteiger partial charge in [0.05, 0.1) is 29.8 Å². The molecule has 1 aromatic heterocycles. The molecule has 0 fully saturated rings. The van der Waals surface area contributed by atoms with Gasteiger partial charge in [-0.2, -0.15) is 22.9 Å². The first-order chi connectivity index (χ1) is 19.1. The Labute approximate surface area is 262 Å². The second-order valence-corrected chi connectivity index (χ2v) is 11.9. The van der Waals surface area contributed by atoms with Gasteiger partial charge in [-0.3, -0.25) is 4.79 Å². The summed E-state index contributed by atoms with van der Waals surface area (Å²) in [6, 6.07) is 22.9. The van der Waals surface area contributed by atoms with Crippen LogP contribution >= 0.6 is 61.1 Å². The van der Waals surface area contributed by atoms with Gasteiger partial charge in [0.1, 0.15) is 12.4 Å². The Hall–Kier alpha value is -2.78. The molecule has 0 amide bonds. The summed E-state index contributed by atoms with van der Waals surface area (Å²) in [4.78, 5) is 17.9. The third-order valence-electron chi connectivity index (χ3n) is 5.84. The minimum Gasteiger partial charge on any atom is -0.487 e. The van der Waals surface area contributed by atoms with Crippen molar-refractivity contribution in [2.24, 2.45) is 5.10 Å². The summed E-state index contributed by atoms with van der Waals surface area (Å²) >= 11 is 7.77. The van der Waals surface area contributed by atoms with Crippen LogP contribution in [0.4, 0.5) is 13.2 Å². The lowest BCUT2D eigenvalue weighted by atomic mass is 10.1. The van der Waals surface area contributed by atoms with Gasteiger partial charge in [-0.15, -0.1) is 0 Å². The topological polar surface area (TPSA) is 56.5 Å². The number of aromatic nitrogens is 2. The van der Waals surface area contributed by atoms with Crippen molar-refractivity contribution in [2.45, 2.75) is 12.8 Å². The lowest BCUT2D eigenvalue weighted by Gasteiger charge is -2.13. The van der Waals surface area contributed by atoms with Gasteiger partial charge in [0, 0.05) is 10.0 Å². The van der Waals surface area contributed by atoms with E-state index in [-0.39, 0.29) is 11.4 Å². The highest BCUT2D eigenvalue weighted by Crippen LogP contribution is 2.32. The third-order valence-corrected chi connectivity index (χ3v) is 7.97. The van der Waals surface area contributed by atoms with E-state index in [1.807, 2.05) is 36.4 Å². The van der Waals surface area contributed by atoms with Crippen LogP contribution in [-0.2, 0) is 12.8 Å².